The highest BCUT2D eigenvalue weighted by atomic mass is 16.1. The topological polar surface area (TPSA) is 57.3 Å². The van der Waals surface area contributed by atoms with Crippen LogP contribution in [0, 0.1) is 0 Å². The predicted octanol–water partition coefficient (Wildman–Crippen LogP) is 1.97. The van der Waals surface area contributed by atoms with Crippen molar-refractivity contribution in [1.82, 2.24) is 15.6 Å². The summed E-state index contributed by atoms with van der Waals surface area (Å²) in [6.45, 7) is 8.68. The average Bonchev–Trinajstić information content (AvgIpc) is 2.58. The molecule has 0 saturated carbocycles. The molecule has 1 aliphatic rings. The SMILES string of the molecule is CCCN(CC)c1ccc(C(=O)NCC2=CCNCC2)cn1. The third-order valence-electron chi connectivity index (χ3n) is 3.84. The Morgan fingerprint density at radius 1 is 1.41 bits per heavy atom. The number of hydrogen-bond donors (Lipinski definition) is 2. The van der Waals surface area contributed by atoms with Gasteiger partial charge in [0.15, 0.2) is 0 Å². The summed E-state index contributed by atoms with van der Waals surface area (Å²) in [6, 6.07) is 3.78. The lowest BCUT2D eigenvalue weighted by Gasteiger charge is -2.21. The van der Waals surface area contributed by atoms with E-state index in [1.807, 2.05) is 12.1 Å². The number of carbonyl (C=O) groups is 1. The Labute approximate surface area is 132 Å². The van der Waals surface area contributed by atoms with E-state index in [4.69, 9.17) is 0 Å². The normalized spacial score (nSPS) is 14.4. The largest absolute Gasteiger partial charge is 0.357 e. The Kier molecular flexibility index (Phi) is 6.40. The maximum atomic E-state index is 12.2. The number of anilines is 1. The van der Waals surface area contributed by atoms with Gasteiger partial charge in [-0.15, -0.1) is 0 Å². The molecule has 5 heteroatoms. The lowest BCUT2D eigenvalue weighted by molar-refractivity contribution is 0.0956. The van der Waals surface area contributed by atoms with Crippen molar-refractivity contribution in [3.63, 3.8) is 0 Å². The molecule has 120 valence electrons. The molecule has 0 radical (unpaired) electrons. The number of pyridine rings is 1. The van der Waals surface area contributed by atoms with Crippen LogP contribution in [-0.2, 0) is 0 Å². The molecule has 1 aromatic heterocycles. The van der Waals surface area contributed by atoms with Gasteiger partial charge in [-0.2, -0.15) is 0 Å². The Bertz CT molecular complexity index is 510. The fraction of sp³-hybridized carbons (Fsp3) is 0.529. The van der Waals surface area contributed by atoms with Crippen LogP contribution in [0.15, 0.2) is 30.0 Å². The average molecular weight is 302 g/mol. The second-order valence-corrected chi connectivity index (χ2v) is 5.48. The summed E-state index contributed by atoms with van der Waals surface area (Å²) < 4.78 is 0. The highest BCUT2D eigenvalue weighted by Crippen LogP contribution is 2.12. The van der Waals surface area contributed by atoms with E-state index in [1.165, 1.54) is 5.57 Å². The Hall–Kier alpha value is -1.88. The number of nitrogens with zero attached hydrogens (tertiary/aromatic N) is 2. The first-order valence-electron chi connectivity index (χ1n) is 8.12. The Morgan fingerprint density at radius 3 is 2.86 bits per heavy atom. The van der Waals surface area contributed by atoms with Crippen LogP contribution in [0.4, 0.5) is 5.82 Å². The number of carbonyl (C=O) groups excluding carboxylic acids is 1. The molecule has 0 unspecified atom stereocenters. The molecule has 0 bridgehead atoms. The van der Waals surface area contributed by atoms with Gasteiger partial charge in [-0.3, -0.25) is 4.79 Å². The lowest BCUT2D eigenvalue weighted by atomic mass is 10.1. The molecule has 2 rings (SSSR count). The van der Waals surface area contributed by atoms with Gasteiger partial charge in [0.1, 0.15) is 5.82 Å². The lowest BCUT2D eigenvalue weighted by Crippen LogP contribution is -2.30. The number of nitrogens with one attached hydrogen (secondary N) is 2. The van der Waals surface area contributed by atoms with E-state index in [-0.39, 0.29) is 5.91 Å². The minimum Gasteiger partial charge on any atom is -0.357 e. The van der Waals surface area contributed by atoms with E-state index in [9.17, 15) is 4.79 Å². The van der Waals surface area contributed by atoms with Crippen LogP contribution in [0.1, 0.15) is 37.0 Å². The molecule has 22 heavy (non-hydrogen) atoms. The van der Waals surface area contributed by atoms with Crippen molar-refractivity contribution in [1.29, 1.82) is 0 Å². The second kappa shape index (κ2) is 8.54. The molecule has 0 aromatic carbocycles. The second-order valence-electron chi connectivity index (χ2n) is 5.48. The van der Waals surface area contributed by atoms with Crippen molar-refractivity contribution in [2.45, 2.75) is 26.7 Å². The van der Waals surface area contributed by atoms with Gasteiger partial charge in [-0.1, -0.05) is 18.6 Å². The van der Waals surface area contributed by atoms with Gasteiger partial charge >= 0.3 is 0 Å². The third kappa shape index (κ3) is 4.56. The van der Waals surface area contributed by atoms with E-state index in [2.05, 4.69) is 40.4 Å². The summed E-state index contributed by atoms with van der Waals surface area (Å²) in [7, 11) is 0. The molecule has 1 aliphatic heterocycles. The van der Waals surface area contributed by atoms with Crippen molar-refractivity contribution < 1.29 is 4.79 Å². The van der Waals surface area contributed by atoms with E-state index < -0.39 is 0 Å². The first kappa shape index (κ1) is 16.5. The Balaban J connectivity index is 1.91. The molecule has 5 nitrogen and oxygen atoms in total. The van der Waals surface area contributed by atoms with Gasteiger partial charge < -0.3 is 15.5 Å². The van der Waals surface area contributed by atoms with E-state index >= 15 is 0 Å². The summed E-state index contributed by atoms with van der Waals surface area (Å²) in [4.78, 5) is 18.8. The van der Waals surface area contributed by atoms with Gasteiger partial charge in [0.25, 0.3) is 5.91 Å². The minimum atomic E-state index is -0.0583. The molecule has 1 amide bonds. The smallest absolute Gasteiger partial charge is 0.253 e. The summed E-state index contributed by atoms with van der Waals surface area (Å²) in [5.74, 6) is 0.874. The van der Waals surface area contributed by atoms with Crippen LogP contribution in [0.5, 0.6) is 0 Å². The molecular formula is C17H26N4O. The molecule has 1 aromatic rings. The van der Waals surface area contributed by atoms with Crippen LogP contribution in [0.25, 0.3) is 0 Å². The quantitative estimate of drug-likeness (QED) is 0.756. The van der Waals surface area contributed by atoms with Crippen LogP contribution >= 0.6 is 0 Å². The number of aromatic nitrogens is 1. The molecule has 0 atom stereocenters. The number of hydrogen-bond acceptors (Lipinski definition) is 4. The fourth-order valence-corrected chi connectivity index (χ4v) is 2.54. The zero-order valence-electron chi connectivity index (χ0n) is 13.6. The summed E-state index contributed by atoms with van der Waals surface area (Å²) in [6.07, 6.45) is 5.90. The zero-order chi connectivity index (χ0) is 15.8. The highest BCUT2D eigenvalue weighted by molar-refractivity contribution is 5.94. The van der Waals surface area contributed by atoms with Crippen molar-refractivity contribution >= 4 is 11.7 Å². The van der Waals surface area contributed by atoms with E-state index in [1.54, 1.807) is 6.20 Å². The first-order valence-corrected chi connectivity index (χ1v) is 8.12. The number of rotatable bonds is 7. The van der Waals surface area contributed by atoms with Gasteiger partial charge in [0.2, 0.25) is 0 Å². The van der Waals surface area contributed by atoms with Crippen molar-refractivity contribution in [3.8, 4) is 0 Å². The first-order chi connectivity index (χ1) is 10.7. The van der Waals surface area contributed by atoms with Crippen molar-refractivity contribution in [2.75, 3.05) is 37.6 Å². The molecule has 0 fully saturated rings. The minimum absolute atomic E-state index is 0.0583. The van der Waals surface area contributed by atoms with Crippen LogP contribution in [-0.4, -0.2) is 43.6 Å². The molecule has 0 aliphatic carbocycles. The maximum Gasteiger partial charge on any atom is 0.253 e. The predicted molar refractivity (Wildman–Crippen MR) is 90.3 cm³/mol. The molecule has 0 saturated heterocycles. The summed E-state index contributed by atoms with van der Waals surface area (Å²) in [5, 5.41) is 6.23. The maximum absolute atomic E-state index is 12.2. The van der Waals surface area contributed by atoms with Crippen molar-refractivity contribution in [2.24, 2.45) is 0 Å². The van der Waals surface area contributed by atoms with Crippen LogP contribution < -0.4 is 15.5 Å². The standard InChI is InChI=1S/C17H26N4O/c1-3-11-21(4-2)16-6-5-15(13-19-16)17(22)20-12-14-7-9-18-10-8-14/h5-7,13,18H,3-4,8-12H2,1-2H3,(H,20,22). The molecule has 2 N–H and O–H groups in total. The van der Waals surface area contributed by atoms with E-state index in [0.29, 0.717) is 12.1 Å². The number of amides is 1. The van der Waals surface area contributed by atoms with Crippen LogP contribution in [0.2, 0.25) is 0 Å². The summed E-state index contributed by atoms with van der Waals surface area (Å²) in [5.41, 5.74) is 1.91. The third-order valence-corrected chi connectivity index (χ3v) is 3.84. The van der Waals surface area contributed by atoms with Crippen LogP contribution in [0.3, 0.4) is 0 Å². The van der Waals surface area contributed by atoms with Crippen molar-refractivity contribution in [3.05, 3.63) is 35.5 Å². The molecule has 0 spiro atoms. The fourth-order valence-electron chi connectivity index (χ4n) is 2.54. The van der Waals surface area contributed by atoms with Gasteiger partial charge in [-0.25, -0.2) is 4.98 Å². The molecular weight excluding hydrogens is 276 g/mol. The zero-order valence-corrected chi connectivity index (χ0v) is 13.6. The summed E-state index contributed by atoms with van der Waals surface area (Å²) >= 11 is 0. The Morgan fingerprint density at radius 2 is 2.27 bits per heavy atom. The van der Waals surface area contributed by atoms with Gasteiger partial charge in [0, 0.05) is 32.4 Å². The van der Waals surface area contributed by atoms with E-state index in [0.717, 1.165) is 44.8 Å². The monoisotopic (exact) mass is 302 g/mol. The molecule has 2 heterocycles. The van der Waals surface area contributed by atoms with Gasteiger partial charge in [0.05, 0.1) is 5.56 Å². The van der Waals surface area contributed by atoms with Gasteiger partial charge in [-0.05, 0) is 38.4 Å². The highest BCUT2D eigenvalue weighted by Gasteiger charge is 2.10.